The van der Waals surface area contributed by atoms with Gasteiger partial charge < -0.3 is 10.6 Å². The molecule has 0 bridgehead atoms. The number of carbonyl (C=O) groups is 2. The fourth-order valence-electron chi connectivity index (χ4n) is 2.62. The molecule has 0 saturated heterocycles. The van der Waals surface area contributed by atoms with Gasteiger partial charge in [0, 0.05) is 12.1 Å². The summed E-state index contributed by atoms with van der Waals surface area (Å²) in [6.45, 7) is 5.77. The summed E-state index contributed by atoms with van der Waals surface area (Å²) in [5.74, 6) is 0.517. The minimum atomic E-state index is -0.283. The standard InChI is InChI=1S/C21H24Cl2N2O2S/c1-13-7-4-8-14(2)19(13)24-18(26)11-6-12-28-15(3)21(27)25-20-16(22)9-5-10-17(20)23/h4-5,7-10,15H,6,11-12H2,1-3H3,(H,24,26)(H,25,27). The Bertz CT molecular complexity index is 818. The van der Waals surface area contributed by atoms with Crippen LogP contribution in [0.15, 0.2) is 36.4 Å². The summed E-state index contributed by atoms with van der Waals surface area (Å²) in [4.78, 5) is 24.5. The lowest BCUT2D eigenvalue weighted by Crippen LogP contribution is -2.23. The molecule has 0 radical (unpaired) electrons. The monoisotopic (exact) mass is 438 g/mol. The van der Waals surface area contributed by atoms with Crippen molar-refractivity contribution < 1.29 is 9.59 Å². The smallest absolute Gasteiger partial charge is 0.237 e. The van der Waals surface area contributed by atoms with Crippen molar-refractivity contribution in [2.75, 3.05) is 16.4 Å². The molecule has 1 atom stereocenters. The van der Waals surface area contributed by atoms with Gasteiger partial charge in [-0.15, -0.1) is 11.8 Å². The number of rotatable bonds is 8. The van der Waals surface area contributed by atoms with Crippen LogP contribution in [0.5, 0.6) is 0 Å². The fraction of sp³-hybridized carbons (Fsp3) is 0.333. The van der Waals surface area contributed by atoms with Gasteiger partial charge in [-0.1, -0.05) is 47.5 Å². The van der Waals surface area contributed by atoms with Gasteiger partial charge in [0.05, 0.1) is 21.0 Å². The highest BCUT2D eigenvalue weighted by molar-refractivity contribution is 8.00. The summed E-state index contributed by atoms with van der Waals surface area (Å²) in [6.07, 6.45) is 1.09. The van der Waals surface area contributed by atoms with Crippen LogP contribution in [0.2, 0.25) is 10.0 Å². The number of aryl methyl sites for hydroxylation is 2. The molecule has 0 aliphatic heterocycles. The Labute approximate surface area is 180 Å². The van der Waals surface area contributed by atoms with Crippen LogP contribution >= 0.6 is 35.0 Å². The fourth-order valence-corrected chi connectivity index (χ4v) is 3.99. The Hall–Kier alpha value is -1.69. The topological polar surface area (TPSA) is 58.2 Å². The third kappa shape index (κ3) is 6.43. The minimum Gasteiger partial charge on any atom is -0.326 e. The maximum Gasteiger partial charge on any atom is 0.237 e. The number of carbonyl (C=O) groups excluding carboxylic acids is 2. The van der Waals surface area contributed by atoms with Gasteiger partial charge in [0.25, 0.3) is 0 Å². The number of nitrogens with one attached hydrogen (secondary N) is 2. The van der Waals surface area contributed by atoms with Gasteiger partial charge >= 0.3 is 0 Å². The van der Waals surface area contributed by atoms with Crippen molar-refractivity contribution in [2.24, 2.45) is 0 Å². The normalized spacial score (nSPS) is 11.8. The third-order valence-electron chi connectivity index (χ3n) is 4.24. The van der Waals surface area contributed by atoms with E-state index in [0.29, 0.717) is 34.3 Å². The molecule has 0 aromatic heterocycles. The molecule has 0 spiro atoms. The van der Waals surface area contributed by atoms with E-state index in [0.717, 1.165) is 16.8 Å². The van der Waals surface area contributed by atoms with Crippen LogP contribution in [-0.4, -0.2) is 22.8 Å². The molecule has 2 amide bonds. The first kappa shape index (κ1) is 22.6. The third-order valence-corrected chi connectivity index (χ3v) is 6.11. The quantitative estimate of drug-likeness (QED) is 0.490. The Balaban J connectivity index is 1.75. The highest BCUT2D eigenvalue weighted by Gasteiger charge is 2.16. The summed E-state index contributed by atoms with van der Waals surface area (Å²) in [7, 11) is 0. The summed E-state index contributed by atoms with van der Waals surface area (Å²) in [5, 5.41) is 6.27. The first-order valence-corrected chi connectivity index (χ1v) is 10.8. The van der Waals surface area contributed by atoms with E-state index in [1.54, 1.807) is 18.2 Å². The first-order valence-electron chi connectivity index (χ1n) is 9.02. The highest BCUT2D eigenvalue weighted by Crippen LogP contribution is 2.30. The van der Waals surface area contributed by atoms with E-state index in [4.69, 9.17) is 23.2 Å². The van der Waals surface area contributed by atoms with Crippen LogP contribution in [0.4, 0.5) is 11.4 Å². The second-order valence-corrected chi connectivity index (χ2v) is 8.78. The zero-order valence-electron chi connectivity index (χ0n) is 16.1. The van der Waals surface area contributed by atoms with Gasteiger partial charge in [-0.25, -0.2) is 0 Å². The lowest BCUT2D eigenvalue weighted by atomic mass is 10.1. The largest absolute Gasteiger partial charge is 0.326 e. The molecule has 2 aromatic carbocycles. The minimum absolute atomic E-state index is 0.0158. The average Bonchev–Trinajstić information content (AvgIpc) is 2.64. The van der Waals surface area contributed by atoms with E-state index in [-0.39, 0.29) is 17.1 Å². The molecule has 7 heteroatoms. The molecule has 1 unspecified atom stereocenters. The van der Waals surface area contributed by atoms with Crippen molar-refractivity contribution in [1.82, 2.24) is 0 Å². The molecule has 0 aliphatic carbocycles. The predicted octanol–water partition coefficient (Wildman–Crippen LogP) is 6.09. The number of para-hydroxylation sites is 2. The number of halogens is 2. The van der Waals surface area contributed by atoms with Crippen LogP contribution in [-0.2, 0) is 9.59 Å². The summed E-state index contributed by atoms with van der Waals surface area (Å²) in [5.41, 5.74) is 3.40. The van der Waals surface area contributed by atoms with E-state index in [1.807, 2.05) is 39.0 Å². The van der Waals surface area contributed by atoms with Crippen LogP contribution in [0.1, 0.15) is 30.9 Å². The number of amides is 2. The zero-order chi connectivity index (χ0) is 20.7. The maximum absolute atomic E-state index is 12.3. The Kier molecular flexibility index (Phi) is 8.67. The molecular weight excluding hydrogens is 415 g/mol. The van der Waals surface area contributed by atoms with E-state index < -0.39 is 0 Å². The molecule has 2 rings (SSSR count). The Morgan fingerprint density at radius 3 is 2.14 bits per heavy atom. The Morgan fingerprint density at radius 2 is 1.54 bits per heavy atom. The SMILES string of the molecule is Cc1cccc(C)c1NC(=O)CCCSC(C)C(=O)Nc1c(Cl)cccc1Cl. The highest BCUT2D eigenvalue weighted by atomic mass is 35.5. The average molecular weight is 439 g/mol. The summed E-state index contributed by atoms with van der Waals surface area (Å²) < 4.78 is 0. The van der Waals surface area contributed by atoms with Crippen molar-refractivity contribution in [3.63, 3.8) is 0 Å². The second kappa shape index (κ2) is 10.7. The molecule has 2 aromatic rings. The number of hydrogen-bond donors (Lipinski definition) is 2. The van der Waals surface area contributed by atoms with Gasteiger partial charge in [0.1, 0.15) is 0 Å². The van der Waals surface area contributed by atoms with Crippen LogP contribution in [0, 0.1) is 13.8 Å². The van der Waals surface area contributed by atoms with Gasteiger partial charge in [-0.3, -0.25) is 9.59 Å². The lowest BCUT2D eigenvalue weighted by molar-refractivity contribution is -0.116. The van der Waals surface area contributed by atoms with E-state index in [1.165, 1.54) is 11.8 Å². The molecule has 150 valence electrons. The zero-order valence-corrected chi connectivity index (χ0v) is 18.5. The number of hydrogen-bond acceptors (Lipinski definition) is 3. The van der Waals surface area contributed by atoms with Gasteiger partial charge in [-0.2, -0.15) is 0 Å². The summed E-state index contributed by atoms with van der Waals surface area (Å²) in [6, 6.07) is 11.0. The van der Waals surface area contributed by atoms with Crippen molar-refractivity contribution in [1.29, 1.82) is 0 Å². The van der Waals surface area contributed by atoms with Crippen molar-refractivity contribution in [3.8, 4) is 0 Å². The summed E-state index contributed by atoms with van der Waals surface area (Å²) >= 11 is 13.6. The van der Waals surface area contributed by atoms with Crippen LogP contribution < -0.4 is 10.6 Å². The van der Waals surface area contributed by atoms with Crippen molar-refractivity contribution in [2.45, 2.75) is 38.9 Å². The Morgan fingerprint density at radius 1 is 0.964 bits per heavy atom. The lowest BCUT2D eigenvalue weighted by Gasteiger charge is -2.14. The van der Waals surface area contributed by atoms with E-state index >= 15 is 0 Å². The van der Waals surface area contributed by atoms with Gasteiger partial charge in [0.15, 0.2) is 0 Å². The van der Waals surface area contributed by atoms with E-state index in [2.05, 4.69) is 10.6 Å². The van der Waals surface area contributed by atoms with Crippen LogP contribution in [0.3, 0.4) is 0 Å². The second-order valence-electron chi connectivity index (χ2n) is 6.52. The molecule has 0 fully saturated rings. The molecule has 4 nitrogen and oxygen atoms in total. The maximum atomic E-state index is 12.3. The number of thioether (sulfide) groups is 1. The number of anilines is 2. The van der Waals surface area contributed by atoms with Gasteiger partial charge in [0.2, 0.25) is 11.8 Å². The molecule has 0 aliphatic rings. The molecule has 0 heterocycles. The molecule has 2 N–H and O–H groups in total. The van der Waals surface area contributed by atoms with Gasteiger partial charge in [-0.05, 0) is 56.2 Å². The van der Waals surface area contributed by atoms with Crippen LogP contribution in [0.25, 0.3) is 0 Å². The number of benzene rings is 2. The van der Waals surface area contributed by atoms with E-state index in [9.17, 15) is 9.59 Å². The van der Waals surface area contributed by atoms with Crippen molar-refractivity contribution >= 4 is 58.2 Å². The first-order chi connectivity index (χ1) is 13.3. The van der Waals surface area contributed by atoms with Crippen molar-refractivity contribution in [3.05, 3.63) is 57.6 Å². The predicted molar refractivity (Wildman–Crippen MR) is 121 cm³/mol. The molecular formula is C21H24Cl2N2O2S. The molecule has 0 saturated carbocycles. The molecule has 28 heavy (non-hydrogen) atoms.